The van der Waals surface area contributed by atoms with Gasteiger partial charge in [0.1, 0.15) is 5.03 Å². The first-order valence-corrected chi connectivity index (χ1v) is 6.03. The predicted octanol–water partition coefficient (Wildman–Crippen LogP) is 3.26. The van der Waals surface area contributed by atoms with E-state index in [4.69, 9.17) is 5.26 Å². The van der Waals surface area contributed by atoms with E-state index in [1.54, 1.807) is 24.7 Å². The van der Waals surface area contributed by atoms with Gasteiger partial charge in [-0.2, -0.15) is 5.26 Å². The number of nitriles is 1. The molecule has 5 heteroatoms. The summed E-state index contributed by atoms with van der Waals surface area (Å²) in [5, 5.41) is 9.65. The van der Waals surface area contributed by atoms with Gasteiger partial charge >= 0.3 is 0 Å². The molecule has 1 heterocycles. The van der Waals surface area contributed by atoms with Crippen molar-refractivity contribution in [2.45, 2.75) is 9.92 Å². The molecule has 0 N–H and O–H groups in total. The van der Waals surface area contributed by atoms with E-state index in [-0.39, 0.29) is 0 Å². The van der Waals surface area contributed by atoms with E-state index in [9.17, 15) is 0 Å². The molecule has 0 saturated heterocycles. The lowest BCUT2D eigenvalue weighted by Gasteiger charge is -2.01. The quantitative estimate of drug-likeness (QED) is 0.852. The molecular weight excluding hydrogens is 286 g/mol. The van der Waals surface area contributed by atoms with Crippen LogP contribution in [0.4, 0.5) is 0 Å². The molecule has 1 aromatic carbocycles. The smallest absolute Gasteiger partial charge is 0.119 e. The molecule has 78 valence electrons. The van der Waals surface area contributed by atoms with Crippen LogP contribution in [0.1, 0.15) is 5.56 Å². The second-order valence-corrected chi connectivity index (χ2v) is 4.94. The molecule has 0 spiro atoms. The van der Waals surface area contributed by atoms with Gasteiger partial charge in [-0.05, 0) is 18.2 Å². The topological polar surface area (TPSA) is 49.6 Å². The summed E-state index contributed by atoms with van der Waals surface area (Å²) in [5.74, 6) is 0. The average Bonchev–Trinajstić information content (AvgIpc) is 2.29. The largest absolute Gasteiger partial charge is 0.260 e. The van der Waals surface area contributed by atoms with Crippen LogP contribution >= 0.6 is 27.7 Å². The maximum absolute atomic E-state index is 8.84. The number of halogens is 1. The van der Waals surface area contributed by atoms with E-state index in [2.05, 4.69) is 32.0 Å². The van der Waals surface area contributed by atoms with E-state index in [1.165, 1.54) is 11.8 Å². The molecule has 0 aliphatic heterocycles. The molecule has 0 aliphatic carbocycles. The lowest BCUT2D eigenvalue weighted by atomic mass is 10.2. The maximum Gasteiger partial charge on any atom is 0.119 e. The standard InChI is InChI=1S/C11H6BrN3S/c12-9-3-8(6-13)4-10(5-9)16-11-7-14-1-2-15-11/h1-5,7H. The number of aromatic nitrogens is 2. The first-order valence-electron chi connectivity index (χ1n) is 4.42. The van der Waals surface area contributed by atoms with Crippen molar-refractivity contribution in [1.29, 1.82) is 5.26 Å². The molecule has 16 heavy (non-hydrogen) atoms. The molecule has 1 aromatic heterocycles. The summed E-state index contributed by atoms with van der Waals surface area (Å²) < 4.78 is 0.887. The molecule has 0 atom stereocenters. The van der Waals surface area contributed by atoms with Crippen molar-refractivity contribution < 1.29 is 0 Å². The van der Waals surface area contributed by atoms with Crippen LogP contribution in [-0.4, -0.2) is 9.97 Å². The van der Waals surface area contributed by atoms with Gasteiger partial charge in [-0.1, -0.05) is 27.7 Å². The summed E-state index contributed by atoms with van der Waals surface area (Å²) in [6.07, 6.45) is 4.97. The van der Waals surface area contributed by atoms with Crippen LogP contribution in [0.5, 0.6) is 0 Å². The molecule has 2 aromatic rings. The van der Waals surface area contributed by atoms with Crippen molar-refractivity contribution in [2.24, 2.45) is 0 Å². The van der Waals surface area contributed by atoms with Gasteiger partial charge in [-0.15, -0.1) is 0 Å². The van der Waals surface area contributed by atoms with E-state index >= 15 is 0 Å². The summed E-state index contributed by atoms with van der Waals surface area (Å²) in [5.41, 5.74) is 0.626. The second kappa shape index (κ2) is 5.10. The van der Waals surface area contributed by atoms with Crippen molar-refractivity contribution in [3.05, 3.63) is 46.8 Å². The van der Waals surface area contributed by atoms with Crippen molar-refractivity contribution in [3.8, 4) is 6.07 Å². The molecule has 0 amide bonds. The Labute approximate surface area is 106 Å². The van der Waals surface area contributed by atoms with Crippen molar-refractivity contribution >= 4 is 27.7 Å². The van der Waals surface area contributed by atoms with Gasteiger partial charge in [0, 0.05) is 21.8 Å². The predicted molar refractivity (Wildman–Crippen MR) is 65.0 cm³/mol. The van der Waals surface area contributed by atoms with Gasteiger partial charge in [0.25, 0.3) is 0 Å². The minimum Gasteiger partial charge on any atom is -0.260 e. The lowest BCUT2D eigenvalue weighted by Crippen LogP contribution is -1.82. The zero-order valence-corrected chi connectivity index (χ0v) is 10.5. The second-order valence-electron chi connectivity index (χ2n) is 2.93. The van der Waals surface area contributed by atoms with E-state index in [0.29, 0.717) is 5.56 Å². The number of hydrogen-bond donors (Lipinski definition) is 0. The lowest BCUT2D eigenvalue weighted by molar-refractivity contribution is 1.05. The molecular formula is C11H6BrN3S. The van der Waals surface area contributed by atoms with Gasteiger partial charge < -0.3 is 0 Å². The van der Waals surface area contributed by atoms with Gasteiger partial charge in [0.05, 0.1) is 17.8 Å². The number of benzene rings is 1. The van der Waals surface area contributed by atoms with E-state index < -0.39 is 0 Å². The zero-order chi connectivity index (χ0) is 11.4. The molecule has 0 aliphatic rings. The summed E-state index contributed by atoms with van der Waals surface area (Å²) in [4.78, 5) is 9.11. The van der Waals surface area contributed by atoms with Crippen LogP contribution in [0.3, 0.4) is 0 Å². The molecule has 0 saturated carbocycles. The Bertz CT molecular complexity index is 537. The third kappa shape index (κ3) is 2.81. The van der Waals surface area contributed by atoms with Gasteiger partial charge in [0.15, 0.2) is 0 Å². The van der Waals surface area contributed by atoms with Crippen LogP contribution < -0.4 is 0 Å². The molecule has 2 rings (SSSR count). The van der Waals surface area contributed by atoms with Crippen LogP contribution in [0.25, 0.3) is 0 Å². The minimum absolute atomic E-state index is 0.626. The molecule has 0 fully saturated rings. The van der Waals surface area contributed by atoms with Crippen LogP contribution in [0, 0.1) is 11.3 Å². The molecule has 0 bridgehead atoms. The highest BCUT2D eigenvalue weighted by Crippen LogP contribution is 2.28. The highest BCUT2D eigenvalue weighted by Gasteiger charge is 2.02. The zero-order valence-electron chi connectivity index (χ0n) is 8.09. The Morgan fingerprint density at radius 3 is 2.81 bits per heavy atom. The summed E-state index contributed by atoms with van der Waals surface area (Å²) >= 11 is 4.84. The summed E-state index contributed by atoms with van der Waals surface area (Å²) in [6, 6.07) is 7.66. The van der Waals surface area contributed by atoms with Crippen molar-refractivity contribution in [3.63, 3.8) is 0 Å². The van der Waals surface area contributed by atoms with Crippen molar-refractivity contribution in [1.82, 2.24) is 9.97 Å². The van der Waals surface area contributed by atoms with Gasteiger partial charge in [-0.25, -0.2) is 4.98 Å². The number of rotatable bonds is 2. The third-order valence-electron chi connectivity index (χ3n) is 1.76. The van der Waals surface area contributed by atoms with Crippen molar-refractivity contribution in [2.75, 3.05) is 0 Å². The fourth-order valence-electron chi connectivity index (χ4n) is 1.15. The highest BCUT2D eigenvalue weighted by atomic mass is 79.9. The Morgan fingerprint density at radius 1 is 1.25 bits per heavy atom. The number of nitrogens with zero attached hydrogens (tertiary/aromatic N) is 3. The first-order chi connectivity index (χ1) is 7.78. The molecule has 3 nitrogen and oxygen atoms in total. The van der Waals surface area contributed by atoms with Gasteiger partial charge in [0.2, 0.25) is 0 Å². The minimum atomic E-state index is 0.626. The Hall–Kier alpha value is -1.38. The fourth-order valence-corrected chi connectivity index (χ4v) is 2.63. The summed E-state index contributed by atoms with van der Waals surface area (Å²) in [6.45, 7) is 0. The van der Waals surface area contributed by atoms with Crippen LogP contribution in [-0.2, 0) is 0 Å². The first kappa shape index (κ1) is 11.1. The number of hydrogen-bond acceptors (Lipinski definition) is 4. The van der Waals surface area contributed by atoms with Crippen LogP contribution in [0.2, 0.25) is 0 Å². The molecule has 0 unspecified atom stereocenters. The Morgan fingerprint density at radius 2 is 2.12 bits per heavy atom. The molecule has 0 radical (unpaired) electrons. The monoisotopic (exact) mass is 291 g/mol. The third-order valence-corrected chi connectivity index (χ3v) is 3.11. The van der Waals surface area contributed by atoms with E-state index in [1.807, 2.05) is 12.1 Å². The highest BCUT2D eigenvalue weighted by molar-refractivity contribution is 9.10. The average molecular weight is 292 g/mol. The fraction of sp³-hybridized carbons (Fsp3) is 0. The SMILES string of the molecule is N#Cc1cc(Br)cc(Sc2cnccn2)c1. The summed E-state index contributed by atoms with van der Waals surface area (Å²) in [7, 11) is 0. The Balaban J connectivity index is 2.29. The normalized spacial score (nSPS) is 9.75. The maximum atomic E-state index is 8.84. The van der Waals surface area contributed by atoms with E-state index in [0.717, 1.165) is 14.4 Å². The van der Waals surface area contributed by atoms with Gasteiger partial charge in [-0.3, -0.25) is 4.98 Å². The van der Waals surface area contributed by atoms with Crippen LogP contribution in [0.15, 0.2) is 51.2 Å². The Kier molecular flexibility index (Phi) is 3.54.